The number of urea groups is 1. The third-order valence-electron chi connectivity index (χ3n) is 3.22. The second kappa shape index (κ2) is 6.03. The van der Waals surface area contributed by atoms with Gasteiger partial charge in [-0.05, 0) is 30.7 Å². The van der Waals surface area contributed by atoms with Crippen molar-refractivity contribution in [2.24, 2.45) is 0 Å². The Labute approximate surface area is 131 Å². The lowest BCUT2D eigenvalue weighted by Crippen LogP contribution is -2.19. The van der Waals surface area contributed by atoms with Gasteiger partial charge in [0.15, 0.2) is 5.13 Å². The fourth-order valence-electron chi connectivity index (χ4n) is 2.11. The SMILES string of the molecule is COc1cccc2sc(NC(=O)Nc3ccccc3C)nc12. The first-order valence-electron chi connectivity index (χ1n) is 6.74. The largest absolute Gasteiger partial charge is 0.494 e. The van der Waals surface area contributed by atoms with Crippen LogP contribution >= 0.6 is 11.3 Å². The van der Waals surface area contributed by atoms with Crippen molar-refractivity contribution in [3.05, 3.63) is 48.0 Å². The molecule has 1 heterocycles. The van der Waals surface area contributed by atoms with Crippen molar-refractivity contribution in [2.75, 3.05) is 17.7 Å². The van der Waals surface area contributed by atoms with Gasteiger partial charge in [-0.25, -0.2) is 9.78 Å². The second-order valence-corrected chi connectivity index (χ2v) is 5.75. The van der Waals surface area contributed by atoms with Gasteiger partial charge in [0.2, 0.25) is 0 Å². The summed E-state index contributed by atoms with van der Waals surface area (Å²) in [5.74, 6) is 0.695. The molecule has 2 amide bonds. The maximum Gasteiger partial charge on any atom is 0.325 e. The maximum absolute atomic E-state index is 12.1. The number of anilines is 2. The number of fused-ring (bicyclic) bond motifs is 1. The van der Waals surface area contributed by atoms with Crippen LogP contribution in [0, 0.1) is 6.92 Å². The molecule has 0 radical (unpaired) electrons. The average Bonchev–Trinajstić information content (AvgIpc) is 2.91. The Balaban J connectivity index is 1.78. The van der Waals surface area contributed by atoms with E-state index in [1.807, 2.05) is 49.4 Å². The molecule has 0 unspecified atom stereocenters. The zero-order valence-electron chi connectivity index (χ0n) is 12.2. The fraction of sp³-hybridized carbons (Fsp3) is 0.125. The zero-order chi connectivity index (χ0) is 15.5. The lowest BCUT2D eigenvalue weighted by Gasteiger charge is -2.07. The highest BCUT2D eigenvalue weighted by atomic mass is 32.1. The summed E-state index contributed by atoms with van der Waals surface area (Å²) in [5, 5.41) is 6.11. The van der Waals surface area contributed by atoms with E-state index >= 15 is 0 Å². The molecule has 3 rings (SSSR count). The molecule has 0 saturated heterocycles. The summed E-state index contributed by atoms with van der Waals surface area (Å²) in [7, 11) is 1.60. The predicted octanol–water partition coefficient (Wildman–Crippen LogP) is 4.26. The number of carbonyl (C=O) groups is 1. The number of hydrogen-bond donors (Lipinski definition) is 2. The van der Waals surface area contributed by atoms with Crippen molar-refractivity contribution >= 4 is 38.4 Å². The van der Waals surface area contributed by atoms with Gasteiger partial charge in [0.05, 0.1) is 11.8 Å². The van der Waals surface area contributed by atoms with Crippen molar-refractivity contribution < 1.29 is 9.53 Å². The summed E-state index contributed by atoms with van der Waals surface area (Å²) in [6, 6.07) is 13.0. The molecule has 1 aromatic heterocycles. The van der Waals surface area contributed by atoms with Crippen LogP contribution < -0.4 is 15.4 Å². The van der Waals surface area contributed by atoms with Gasteiger partial charge < -0.3 is 10.1 Å². The Hall–Kier alpha value is -2.60. The first kappa shape index (κ1) is 14.3. The van der Waals surface area contributed by atoms with E-state index in [2.05, 4.69) is 15.6 Å². The first-order valence-corrected chi connectivity index (χ1v) is 7.56. The van der Waals surface area contributed by atoms with Crippen LogP contribution in [0.5, 0.6) is 5.75 Å². The first-order chi connectivity index (χ1) is 10.7. The summed E-state index contributed by atoms with van der Waals surface area (Å²) < 4.78 is 6.24. The number of para-hydroxylation sites is 2. The zero-order valence-corrected chi connectivity index (χ0v) is 13.0. The maximum atomic E-state index is 12.1. The van der Waals surface area contributed by atoms with E-state index in [1.54, 1.807) is 7.11 Å². The molecular weight excluding hydrogens is 298 g/mol. The van der Waals surface area contributed by atoms with Crippen LogP contribution in [0.1, 0.15) is 5.56 Å². The number of ether oxygens (including phenoxy) is 1. The summed E-state index contributed by atoms with van der Waals surface area (Å²) in [6.45, 7) is 1.94. The summed E-state index contributed by atoms with van der Waals surface area (Å²) in [5.41, 5.74) is 2.53. The smallest absolute Gasteiger partial charge is 0.325 e. The predicted molar refractivity (Wildman–Crippen MR) is 90.0 cm³/mol. The Bertz CT molecular complexity index is 829. The number of aromatic nitrogens is 1. The quantitative estimate of drug-likeness (QED) is 0.759. The molecule has 112 valence electrons. The third-order valence-corrected chi connectivity index (χ3v) is 4.15. The highest BCUT2D eigenvalue weighted by Crippen LogP contribution is 2.32. The monoisotopic (exact) mass is 313 g/mol. The lowest BCUT2D eigenvalue weighted by molar-refractivity contribution is 0.262. The third kappa shape index (κ3) is 2.87. The lowest BCUT2D eigenvalue weighted by atomic mass is 10.2. The number of nitrogens with zero attached hydrogens (tertiary/aromatic N) is 1. The topological polar surface area (TPSA) is 63.2 Å². The standard InChI is InChI=1S/C16H15N3O2S/c1-10-6-3-4-7-11(10)17-15(20)19-16-18-14-12(21-2)8-5-9-13(14)22-16/h3-9H,1-2H3,(H2,17,18,19,20). The minimum absolute atomic E-state index is 0.313. The molecule has 3 aromatic rings. The summed E-state index contributed by atoms with van der Waals surface area (Å²) in [6.07, 6.45) is 0. The van der Waals surface area contributed by atoms with E-state index in [4.69, 9.17) is 4.74 Å². The number of methoxy groups -OCH3 is 1. The molecule has 6 heteroatoms. The number of rotatable bonds is 3. The van der Waals surface area contributed by atoms with Crippen molar-refractivity contribution in [1.29, 1.82) is 0 Å². The molecule has 0 atom stereocenters. The number of nitrogens with one attached hydrogen (secondary N) is 2. The van der Waals surface area contributed by atoms with Gasteiger partial charge in [-0.2, -0.15) is 0 Å². The summed E-state index contributed by atoms with van der Waals surface area (Å²) >= 11 is 1.41. The number of hydrogen-bond acceptors (Lipinski definition) is 4. The Kier molecular flexibility index (Phi) is 3.93. The molecule has 0 aliphatic carbocycles. The van der Waals surface area contributed by atoms with Gasteiger partial charge in [0.1, 0.15) is 11.3 Å². The van der Waals surface area contributed by atoms with E-state index in [0.717, 1.165) is 21.5 Å². The Morgan fingerprint density at radius 2 is 1.95 bits per heavy atom. The van der Waals surface area contributed by atoms with Gasteiger partial charge in [-0.15, -0.1) is 0 Å². The summed E-state index contributed by atoms with van der Waals surface area (Å²) in [4.78, 5) is 16.5. The molecule has 0 aliphatic rings. The van der Waals surface area contributed by atoms with E-state index < -0.39 is 0 Å². The van der Waals surface area contributed by atoms with Gasteiger partial charge in [0, 0.05) is 5.69 Å². The van der Waals surface area contributed by atoms with Crippen molar-refractivity contribution in [3.63, 3.8) is 0 Å². The van der Waals surface area contributed by atoms with Crippen LogP contribution in [0.25, 0.3) is 10.2 Å². The molecule has 0 fully saturated rings. The minimum Gasteiger partial charge on any atom is -0.494 e. The number of aryl methyl sites for hydroxylation is 1. The molecular formula is C16H15N3O2S. The van der Waals surface area contributed by atoms with E-state index in [-0.39, 0.29) is 6.03 Å². The van der Waals surface area contributed by atoms with Gasteiger partial charge in [-0.1, -0.05) is 35.6 Å². The molecule has 2 aromatic carbocycles. The number of amides is 2. The van der Waals surface area contributed by atoms with Crippen LogP contribution in [0.3, 0.4) is 0 Å². The Morgan fingerprint density at radius 1 is 1.14 bits per heavy atom. The van der Waals surface area contributed by atoms with Crippen LogP contribution in [0.4, 0.5) is 15.6 Å². The molecule has 5 nitrogen and oxygen atoms in total. The van der Waals surface area contributed by atoms with Crippen molar-refractivity contribution in [1.82, 2.24) is 4.98 Å². The van der Waals surface area contributed by atoms with Gasteiger partial charge in [0.25, 0.3) is 0 Å². The van der Waals surface area contributed by atoms with Crippen LogP contribution in [-0.2, 0) is 0 Å². The van der Waals surface area contributed by atoms with E-state index in [1.165, 1.54) is 11.3 Å². The van der Waals surface area contributed by atoms with E-state index in [0.29, 0.717) is 10.9 Å². The molecule has 0 saturated carbocycles. The van der Waals surface area contributed by atoms with Crippen LogP contribution in [-0.4, -0.2) is 18.1 Å². The van der Waals surface area contributed by atoms with Gasteiger partial charge >= 0.3 is 6.03 Å². The van der Waals surface area contributed by atoms with Gasteiger partial charge in [-0.3, -0.25) is 5.32 Å². The second-order valence-electron chi connectivity index (χ2n) is 4.72. The minimum atomic E-state index is -0.313. The van der Waals surface area contributed by atoms with Crippen molar-refractivity contribution in [2.45, 2.75) is 6.92 Å². The molecule has 2 N–H and O–H groups in total. The molecule has 0 spiro atoms. The van der Waals surface area contributed by atoms with Crippen molar-refractivity contribution in [3.8, 4) is 5.75 Å². The highest BCUT2D eigenvalue weighted by Gasteiger charge is 2.11. The van der Waals surface area contributed by atoms with Crippen LogP contribution in [0.2, 0.25) is 0 Å². The highest BCUT2D eigenvalue weighted by molar-refractivity contribution is 7.22. The average molecular weight is 313 g/mol. The van der Waals surface area contributed by atoms with Crippen LogP contribution in [0.15, 0.2) is 42.5 Å². The normalized spacial score (nSPS) is 10.5. The molecule has 22 heavy (non-hydrogen) atoms. The number of benzene rings is 2. The Morgan fingerprint density at radius 3 is 2.73 bits per heavy atom. The molecule has 0 aliphatic heterocycles. The number of carbonyl (C=O) groups excluding carboxylic acids is 1. The fourth-order valence-corrected chi connectivity index (χ4v) is 2.98. The number of thiazole rings is 1. The molecule has 0 bridgehead atoms. The van der Waals surface area contributed by atoms with E-state index in [9.17, 15) is 4.79 Å².